The highest BCUT2D eigenvalue weighted by atomic mass is 16.2. The Bertz CT molecular complexity index is 353. The highest BCUT2D eigenvalue weighted by molar-refractivity contribution is 5.86. The smallest absolute Gasteiger partial charge is 0.318 e. The first kappa shape index (κ1) is 15.1. The van der Waals surface area contributed by atoms with E-state index in [9.17, 15) is 9.59 Å². The standard InChI is InChI=1S/C15H27N3O2/c1-12-7-6-10-18(11-12)15(20)16-13(2)14(19)17-8-4-3-5-9-17/h12-13H,3-11H2,1-2H3,(H,16,20). The lowest BCUT2D eigenvalue weighted by Gasteiger charge is -2.33. The second kappa shape index (κ2) is 6.95. The first-order chi connectivity index (χ1) is 9.58. The number of hydrogen-bond donors (Lipinski definition) is 1. The molecule has 0 aromatic rings. The Morgan fingerprint density at radius 2 is 1.70 bits per heavy atom. The molecule has 20 heavy (non-hydrogen) atoms. The zero-order valence-corrected chi connectivity index (χ0v) is 12.7. The maximum Gasteiger partial charge on any atom is 0.318 e. The van der Waals surface area contributed by atoms with Gasteiger partial charge in [0.1, 0.15) is 6.04 Å². The molecule has 0 spiro atoms. The number of rotatable bonds is 2. The zero-order chi connectivity index (χ0) is 14.5. The van der Waals surface area contributed by atoms with E-state index in [-0.39, 0.29) is 11.9 Å². The lowest BCUT2D eigenvalue weighted by atomic mass is 10.0. The molecule has 0 aromatic heterocycles. The van der Waals surface area contributed by atoms with Crippen LogP contribution in [0.2, 0.25) is 0 Å². The average molecular weight is 281 g/mol. The van der Waals surface area contributed by atoms with Gasteiger partial charge in [-0.05, 0) is 44.9 Å². The summed E-state index contributed by atoms with van der Waals surface area (Å²) in [6.45, 7) is 7.24. The van der Waals surface area contributed by atoms with Crippen molar-refractivity contribution in [3.8, 4) is 0 Å². The summed E-state index contributed by atoms with van der Waals surface area (Å²) in [6, 6.07) is -0.507. The Hall–Kier alpha value is -1.26. The van der Waals surface area contributed by atoms with Crippen molar-refractivity contribution < 1.29 is 9.59 Å². The number of nitrogens with zero attached hydrogens (tertiary/aromatic N) is 2. The molecular formula is C15H27N3O2. The number of urea groups is 1. The van der Waals surface area contributed by atoms with E-state index in [0.717, 1.165) is 45.4 Å². The van der Waals surface area contributed by atoms with Crippen LogP contribution in [0.4, 0.5) is 4.79 Å². The maximum atomic E-state index is 12.3. The third-order valence-corrected chi connectivity index (χ3v) is 4.32. The van der Waals surface area contributed by atoms with E-state index < -0.39 is 6.04 Å². The molecule has 2 aliphatic rings. The minimum absolute atomic E-state index is 0.0584. The highest BCUT2D eigenvalue weighted by Crippen LogP contribution is 2.15. The number of amides is 3. The van der Waals surface area contributed by atoms with Gasteiger partial charge >= 0.3 is 6.03 Å². The van der Waals surface area contributed by atoms with Crippen molar-refractivity contribution in [2.75, 3.05) is 26.2 Å². The number of piperidine rings is 2. The van der Waals surface area contributed by atoms with Gasteiger partial charge in [0.2, 0.25) is 5.91 Å². The van der Waals surface area contributed by atoms with Crippen LogP contribution in [0, 0.1) is 5.92 Å². The summed E-state index contributed by atoms with van der Waals surface area (Å²) < 4.78 is 0. The van der Waals surface area contributed by atoms with E-state index in [4.69, 9.17) is 0 Å². The van der Waals surface area contributed by atoms with Gasteiger partial charge in [0.15, 0.2) is 0 Å². The molecule has 2 aliphatic heterocycles. The van der Waals surface area contributed by atoms with Gasteiger partial charge in [0, 0.05) is 26.2 Å². The molecule has 2 heterocycles. The molecule has 2 atom stereocenters. The van der Waals surface area contributed by atoms with Crippen molar-refractivity contribution in [2.24, 2.45) is 5.92 Å². The molecule has 0 aliphatic carbocycles. The topological polar surface area (TPSA) is 52.7 Å². The normalized spacial score (nSPS) is 25.2. The fourth-order valence-electron chi connectivity index (χ4n) is 3.10. The molecule has 0 aromatic carbocycles. The number of likely N-dealkylation sites (tertiary alicyclic amines) is 2. The molecule has 2 unspecified atom stereocenters. The molecule has 114 valence electrons. The first-order valence-electron chi connectivity index (χ1n) is 7.92. The molecular weight excluding hydrogens is 254 g/mol. The largest absolute Gasteiger partial charge is 0.341 e. The van der Waals surface area contributed by atoms with E-state index in [1.165, 1.54) is 12.8 Å². The summed E-state index contributed by atoms with van der Waals surface area (Å²) in [7, 11) is 0. The van der Waals surface area contributed by atoms with E-state index in [2.05, 4.69) is 12.2 Å². The summed E-state index contributed by atoms with van der Waals surface area (Å²) in [6.07, 6.45) is 5.61. The van der Waals surface area contributed by atoms with Gasteiger partial charge in [-0.2, -0.15) is 0 Å². The maximum absolute atomic E-state index is 12.3. The molecule has 2 rings (SSSR count). The third kappa shape index (κ3) is 3.87. The van der Waals surface area contributed by atoms with Gasteiger partial charge in [0.05, 0.1) is 0 Å². The molecule has 0 saturated carbocycles. The SMILES string of the molecule is CC1CCCN(C(=O)NC(C)C(=O)N2CCCCC2)C1. The molecule has 3 amide bonds. The molecule has 5 heteroatoms. The number of hydrogen-bond acceptors (Lipinski definition) is 2. The minimum Gasteiger partial charge on any atom is -0.341 e. The van der Waals surface area contributed by atoms with Crippen molar-refractivity contribution >= 4 is 11.9 Å². The second-order valence-corrected chi connectivity index (χ2v) is 6.25. The predicted molar refractivity (Wildman–Crippen MR) is 78.4 cm³/mol. The van der Waals surface area contributed by atoms with Gasteiger partial charge in [-0.3, -0.25) is 4.79 Å². The van der Waals surface area contributed by atoms with Gasteiger partial charge < -0.3 is 15.1 Å². The van der Waals surface area contributed by atoms with E-state index in [0.29, 0.717) is 5.92 Å². The molecule has 0 bridgehead atoms. The molecule has 5 nitrogen and oxygen atoms in total. The Morgan fingerprint density at radius 1 is 1.05 bits per heavy atom. The fraction of sp³-hybridized carbons (Fsp3) is 0.867. The van der Waals surface area contributed by atoms with Crippen molar-refractivity contribution in [3.05, 3.63) is 0 Å². The molecule has 0 radical (unpaired) electrons. The van der Waals surface area contributed by atoms with Gasteiger partial charge in [-0.1, -0.05) is 6.92 Å². The lowest BCUT2D eigenvalue weighted by Crippen LogP contribution is -2.53. The van der Waals surface area contributed by atoms with E-state index in [1.807, 2.05) is 9.80 Å². The van der Waals surface area contributed by atoms with Crippen molar-refractivity contribution in [2.45, 2.75) is 52.0 Å². The van der Waals surface area contributed by atoms with Crippen LogP contribution in [-0.2, 0) is 4.79 Å². The third-order valence-electron chi connectivity index (χ3n) is 4.32. The van der Waals surface area contributed by atoms with Crippen molar-refractivity contribution in [1.82, 2.24) is 15.1 Å². The zero-order valence-electron chi connectivity index (χ0n) is 12.7. The minimum atomic E-state index is -0.419. The fourth-order valence-corrected chi connectivity index (χ4v) is 3.10. The van der Waals surface area contributed by atoms with Crippen LogP contribution in [-0.4, -0.2) is 54.0 Å². The average Bonchev–Trinajstić information content (AvgIpc) is 2.47. The highest BCUT2D eigenvalue weighted by Gasteiger charge is 2.26. The number of carbonyl (C=O) groups is 2. The first-order valence-corrected chi connectivity index (χ1v) is 7.92. The van der Waals surface area contributed by atoms with Gasteiger partial charge in [0.25, 0.3) is 0 Å². The summed E-state index contributed by atoms with van der Waals surface area (Å²) >= 11 is 0. The summed E-state index contributed by atoms with van der Waals surface area (Å²) in [4.78, 5) is 28.2. The molecule has 1 N–H and O–H groups in total. The summed E-state index contributed by atoms with van der Waals surface area (Å²) in [5.74, 6) is 0.616. The number of nitrogens with one attached hydrogen (secondary N) is 1. The van der Waals surface area contributed by atoms with Crippen LogP contribution < -0.4 is 5.32 Å². The summed E-state index contributed by atoms with van der Waals surface area (Å²) in [5, 5.41) is 2.86. The van der Waals surface area contributed by atoms with Crippen molar-refractivity contribution in [3.63, 3.8) is 0 Å². The Kier molecular flexibility index (Phi) is 5.26. The van der Waals surface area contributed by atoms with Crippen LogP contribution in [0.1, 0.15) is 46.0 Å². The van der Waals surface area contributed by atoms with Crippen LogP contribution in [0.3, 0.4) is 0 Å². The Balaban J connectivity index is 1.81. The molecule has 2 saturated heterocycles. The van der Waals surface area contributed by atoms with Crippen LogP contribution >= 0.6 is 0 Å². The lowest BCUT2D eigenvalue weighted by molar-refractivity contribution is -0.133. The second-order valence-electron chi connectivity index (χ2n) is 6.25. The van der Waals surface area contributed by atoms with Crippen LogP contribution in [0.15, 0.2) is 0 Å². The van der Waals surface area contributed by atoms with Crippen molar-refractivity contribution in [1.29, 1.82) is 0 Å². The Labute approximate surface area is 121 Å². The van der Waals surface area contributed by atoms with Crippen LogP contribution in [0.5, 0.6) is 0 Å². The van der Waals surface area contributed by atoms with E-state index >= 15 is 0 Å². The molecule has 2 fully saturated rings. The van der Waals surface area contributed by atoms with Gasteiger partial charge in [-0.15, -0.1) is 0 Å². The quantitative estimate of drug-likeness (QED) is 0.839. The van der Waals surface area contributed by atoms with E-state index in [1.54, 1.807) is 6.92 Å². The van der Waals surface area contributed by atoms with Crippen LogP contribution in [0.25, 0.3) is 0 Å². The number of carbonyl (C=O) groups excluding carboxylic acids is 2. The predicted octanol–water partition coefficient (Wildman–Crippen LogP) is 1.83. The van der Waals surface area contributed by atoms with Gasteiger partial charge in [-0.25, -0.2) is 4.79 Å². The Morgan fingerprint density at radius 3 is 2.35 bits per heavy atom. The summed E-state index contributed by atoms with van der Waals surface area (Å²) in [5.41, 5.74) is 0. The monoisotopic (exact) mass is 281 g/mol.